The maximum atomic E-state index is 12.3. The Labute approximate surface area is 124 Å². The molecule has 0 amide bonds. The molecule has 19 heavy (non-hydrogen) atoms. The highest BCUT2D eigenvalue weighted by Gasteiger charge is 2.21. The molecule has 7 heteroatoms. The lowest BCUT2D eigenvalue weighted by Gasteiger charge is -2.18. The Hall–Kier alpha value is 0.360. The third kappa shape index (κ3) is 7.64. The monoisotopic (exact) mass is 324 g/mol. The molecule has 0 spiro atoms. The van der Waals surface area contributed by atoms with E-state index in [1.807, 2.05) is 0 Å². The van der Waals surface area contributed by atoms with Gasteiger partial charge < -0.3 is 4.52 Å². The first kappa shape index (κ1) is 17.4. The van der Waals surface area contributed by atoms with Crippen molar-refractivity contribution in [2.45, 2.75) is 57.9 Å². The maximum Gasteiger partial charge on any atom is 0.361 e. The molecule has 1 saturated carbocycles. The second kappa shape index (κ2) is 10.1. The number of hydrogen-bond donors (Lipinski definition) is 1. The Kier molecular flexibility index (Phi) is 9.29. The van der Waals surface area contributed by atoms with Crippen molar-refractivity contribution in [3.63, 3.8) is 0 Å². The summed E-state index contributed by atoms with van der Waals surface area (Å²) >= 11 is 0. The van der Waals surface area contributed by atoms with Crippen LogP contribution in [0.4, 0.5) is 0 Å². The summed E-state index contributed by atoms with van der Waals surface area (Å²) in [6, 6.07) is 0.393. The summed E-state index contributed by atoms with van der Waals surface area (Å²) in [5.74, 6) is 0.996. The summed E-state index contributed by atoms with van der Waals surface area (Å²) < 4.78 is 17.4. The number of unbranched alkanes of at least 4 members (excludes halogenated alkanes) is 1. The molecule has 0 bridgehead atoms. The van der Waals surface area contributed by atoms with Gasteiger partial charge in [-0.1, -0.05) is 43.4 Å². The normalized spacial score (nSPS) is 20.5. The van der Waals surface area contributed by atoms with Gasteiger partial charge in [-0.3, -0.25) is 14.6 Å². The van der Waals surface area contributed by atoms with E-state index in [4.69, 9.17) is 4.52 Å². The van der Waals surface area contributed by atoms with Crippen LogP contribution in [-0.4, -0.2) is 25.2 Å². The Morgan fingerprint density at radius 1 is 1.42 bits per heavy atom. The Morgan fingerprint density at radius 3 is 2.79 bits per heavy atom. The zero-order chi connectivity index (χ0) is 14.0. The van der Waals surface area contributed by atoms with Crippen molar-refractivity contribution in [2.24, 2.45) is 4.99 Å². The van der Waals surface area contributed by atoms with Gasteiger partial charge in [-0.2, -0.15) is 0 Å². The highest BCUT2D eigenvalue weighted by molar-refractivity contribution is 8.99. The van der Waals surface area contributed by atoms with Crippen LogP contribution in [0.25, 0.3) is 0 Å². The highest BCUT2D eigenvalue weighted by atomic mass is 33.3. The molecule has 0 aromatic heterocycles. The van der Waals surface area contributed by atoms with Crippen LogP contribution in [0.5, 0.6) is 0 Å². The fourth-order valence-electron chi connectivity index (χ4n) is 1.85. The lowest BCUT2D eigenvalue weighted by atomic mass is 9.96. The smallest absolute Gasteiger partial charge is 0.309 e. The molecular weight excluding hydrogens is 299 g/mol. The minimum Gasteiger partial charge on any atom is -0.309 e. The minimum absolute atomic E-state index is 0.393. The molecule has 4 nitrogen and oxygen atoms in total. The fraction of sp³-hybridized carbons (Fsp3) is 0.917. The lowest BCUT2D eigenvalue weighted by Crippen LogP contribution is -2.13. The SMILES string of the molecule is CCCCSSP(=O)(NC=NC1CCCCC1)OC. The summed E-state index contributed by atoms with van der Waals surface area (Å²) in [4.78, 5) is 4.45. The molecule has 1 fully saturated rings. The van der Waals surface area contributed by atoms with Crippen LogP contribution in [0.1, 0.15) is 51.9 Å². The second-order valence-corrected chi connectivity index (χ2v) is 11.0. The summed E-state index contributed by atoms with van der Waals surface area (Å²) in [6.45, 7) is -0.679. The third-order valence-electron chi connectivity index (χ3n) is 3.05. The zero-order valence-electron chi connectivity index (χ0n) is 11.8. The number of aliphatic imine (C=N–C) groups is 1. The van der Waals surface area contributed by atoms with Crippen LogP contribution in [0.2, 0.25) is 0 Å². The molecule has 112 valence electrons. The topological polar surface area (TPSA) is 50.7 Å². The van der Waals surface area contributed by atoms with Gasteiger partial charge in [0, 0.05) is 23.3 Å². The standard InChI is InChI=1S/C12H25N2O2PS2/c1-3-4-10-18-19-17(15,16-2)14-11-13-12-8-6-5-7-9-12/h11-12H,3-10H2,1-2H3,(H,13,14,15). The van der Waals surface area contributed by atoms with E-state index in [0.29, 0.717) is 6.04 Å². The molecule has 1 N–H and O–H groups in total. The van der Waals surface area contributed by atoms with Crippen LogP contribution >= 0.6 is 27.9 Å². The minimum atomic E-state index is -2.83. The van der Waals surface area contributed by atoms with Crippen molar-refractivity contribution in [2.75, 3.05) is 12.9 Å². The van der Waals surface area contributed by atoms with Crippen LogP contribution in [-0.2, 0) is 9.09 Å². The predicted octanol–water partition coefficient (Wildman–Crippen LogP) is 4.87. The first-order chi connectivity index (χ1) is 9.20. The molecule has 0 radical (unpaired) electrons. The Morgan fingerprint density at radius 2 is 2.16 bits per heavy atom. The molecular formula is C12H25N2O2PS2. The number of rotatable bonds is 9. The van der Waals surface area contributed by atoms with E-state index in [9.17, 15) is 4.57 Å². The van der Waals surface area contributed by atoms with E-state index in [2.05, 4.69) is 17.0 Å². The van der Waals surface area contributed by atoms with Gasteiger partial charge in [0.1, 0.15) is 0 Å². The summed E-state index contributed by atoms with van der Waals surface area (Å²) in [7, 11) is 4.38. The molecule has 0 aliphatic heterocycles. The Bertz CT molecular complexity index is 310. The van der Waals surface area contributed by atoms with Crippen molar-refractivity contribution < 1.29 is 9.09 Å². The van der Waals surface area contributed by atoms with Crippen molar-refractivity contribution in [3.8, 4) is 0 Å². The zero-order valence-corrected chi connectivity index (χ0v) is 14.4. The van der Waals surface area contributed by atoms with Crippen molar-refractivity contribution in [1.82, 2.24) is 5.09 Å². The van der Waals surface area contributed by atoms with Gasteiger partial charge in [-0.05, 0) is 19.3 Å². The van der Waals surface area contributed by atoms with Gasteiger partial charge in [-0.25, -0.2) is 0 Å². The summed E-state index contributed by atoms with van der Waals surface area (Å²) in [5.41, 5.74) is 0. The molecule has 0 saturated heterocycles. The molecule has 1 rings (SSSR count). The quantitative estimate of drug-likeness (QED) is 0.215. The van der Waals surface area contributed by atoms with Gasteiger partial charge in [0.15, 0.2) is 0 Å². The van der Waals surface area contributed by atoms with E-state index in [-0.39, 0.29) is 0 Å². The van der Waals surface area contributed by atoms with Crippen molar-refractivity contribution in [1.29, 1.82) is 0 Å². The van der Waals surface area contributed by atoms with Gasteiger partial charge in [0.2, 0.25) is 0 Å². The van der Waals surface area contributed by atoms with Crippen LogP contribution in [0.3, 0.4) is 0 Å². The van der Waals surface area contributed by atoms with E-state index >= 15 is 0 Å². The van der Waals surface area contributed by atoms with Gasteiger partial charge >= 0.3 is 6.72 Å². The predicted molar refractivity (Wildman–Crippen MR) is 88.1 cm³/mol. The van der Waals surface area contributed by atoms with Gasteiger partial charge in [0.25, 0.3) is 0 Å². The maximum absolute atomic E-state index is 12.3. The largest absolute Gasteiger partial charge is 0.361 e. The second-order valence-electron chi connectivity index (χ2n) is 4.63. The number of nitrogens with one attached hydrogen (secondary N) is 1. The van der Waals surface area contributed by atoms with Crippen molar-refractivity contribution >= 4 is 34.3 Å². The van der Waals surface area contributed by atoms with Crippen LogP contribution in [0.15, 0.2) is 4.99 Å². The molecule has 1 atom stereocenters. The van der Waals surface area contributed by atoms with E-state index in [1.54, 1.807) is 17.1 Å². The number of hydrogen-bond acceptors (Lipinski definition) is 5. The van der Waals surface area contributed by atoms with E-state index < -0.39 is 6.72 Å². The first-order valence-corrected chi connectivity index (χ1v) is 11.5. The lowest BCUT2D eigenvalue weighted by molar-refractivity contribution is 0.406. The van der Waals surface area contributed by atoms with Crippen LogP contribution < -0.4 is 5.09 Å². The van der Waals surface area contributed by atoms with Gasteiger partial charge in [-0.15, -0.1) is 0 Å². The molecule has 1 aliphatic rings. The average Bonchev–Trinajstić information content (AvgIpc) is 2.45. The first-order valence-electron chi connectivity index (χ1n) is 6.96. The highest BCUT2D eigenvalue weighted by Crippen LogP contribution is 2.60. The molecule has 0 aromatic rings. The molecule has 0 heterocycles. The Balaban J connectivity index is 2.28. The fourth-order valence-corrected chi connectivity index (χ4v) is 7.19. The van der Waals surface area contributed by atoms with E-state index in [0.717, 1.165) is 31.4 Å². The third-order valence-corrected chi connectivity index (χ3v) is 9.60. The summed E-state index contributed by atoms with van der Waals surface area (Å²) in [6.07, 6.45) is 10.0. The summed E-state index contributed by atoms with van der Waals surface area (Å²) in [5, 5.41) is 2.85. The average molecular weight is 324 g/mol. The van der Waals surface area contributed by atoms with Crippen molar-refractivity contribution in [3.05, 3.63) is 0 Å². The molecule has 1 unspecified atom stereocenters. The van der Waals surface area contributed by atoms with Crippen LogP contribution in [0, 0.1) is 0 Å². The molecule has 1 aliphatic carbocycles. The van der Waals surface area contributed by atoms with Gasteiger partial charge in [0.05, 0.1) is 12.4 Å². The van der Waals surface area contributed by atoms with E-state index in [1.165, 1.54) is 36.8 Å². The molecule has 0 aromatic carbocycles. The number of nitrogens with zero attached hydrogens (tertiary/aromatic N) is 1.